The van der Waals surface area contributed by atoms with Crippen LogP contribution < -0.4 is 11.5 Å². The van der Waals surface area contributed by atoms with Gasteiger partial charge in [-0.05, 0) is 38.8 Å². The average Bonchev–Trinajstić information content (AvgIpc) is 2.26. The lowest BCUT2D eigenvalue weighted by atomic mass is 9.78. The molecule has 0 aromatic heterocycles. The molecule has 0 unspecified atom stereocenters. The predicted octanol–water partition coefficient (Wildman–Crippen LogP) is 0.400. The molecular formula is C11H22N2O4. The van der Waals surface area contributed by atoms with E-state index in [0.717, 1.165) is 0 Å². The first kappa shape index (κ1) is 15.9. The van der Waals surface area contributed by atoms with Gasteiger partial charge in [-0.1, -0.05) is 12.8 Å². The number of carbonyl (C=O) groups is 2. The van der Waals surface area contributed by atoms with Gasteiger partial charge in [-0.2, -0.15) is 0 Å². The molecule has 0 aliphatic carbocycles. The maximum Gasteiger partial charge on any atom is 0.321 e. The summed E-state index contributed by atoms with van der Waals surface area (Å²) in [5.74, 6) is -2.53. The van der Waals surface area contributed by atoms with E-state index in [4.69, 9.17) is 21.7 Å². The zero-order valence-electron chi connectivity index (χ0n) is 10.0. The summed E-state index contributed by atoms with van der Waals surface area (Å²) < 4.78 is 0. The minimum Gasteiger partial charge on any atom is -0.480 e. The van der Waals surface area contributed by atoms with E-state index in [2.05, 4.69) is 0 Å². The molecule has 0 bridgehead atoms. The zero-order chi connectivity index (χ0) is 13.3. The summed E-state index contributed by atoms with van der Waals surface area (Å²) in [5, 5.41) is 18.3. The van der Waals surface area contributed by atoms with Crippen LogP contribution in [0.25, 0.3) is 0 Å². The van der Waals surface area contributed by atoms with Crippen LogP contribution in [0.2, 0.25) is 0 Å². The molecule has 0 aliphatic rings. The third kappa shape index (κ3) is 4.70. The van der Waals surface area contributed by atoms with Crippen LogP contribution in [0.1, 0.15) is 38.5 Å². The number of nitrogens with two attached hydrogens (primary N) is 2. The summed E-state index contributed by atoms with van der Waals surface area (Å²) in [7, 11) is 0. The van der Waals surface area contributed by atoms with Gasteiger partial charge in [-0.15, -0.1) is 0 Å². The van der Waals surface area contributed by atoms with Gasteiger partial charge in [-0.25, -0.2) is 0 Å². The molecule has 0 aromatic rings. The molecule has 0 radical (unpaired) electrons. The molecule has 0 atom stereocenters. The molecule has 0 saturated heterocycles. The number of carboxylic acids is 2. The van der Waals surface area contributed by atoms with E-state index < -0.39 is 17.4 Å². The molecule has 0 amide bonds. The zero-order valence-corrected chi connectivity index (χ0v) is 10.0. The Morgan fingerprint density at radius 2 is 1.18 bits per heavy atom. The molecule has 0 spiro atoms. The van der Waals surface area contributed by atoms with E-state index in [-0.39, 0.29) is 12.8 Å². The summed E-state index contributed by atoms with van der Waals surface area (Å²) in [4.78, 5) is 22.4. The molecule has 0 aromatic carbocycles. The maximum atomic E-state index is 11.2. The first-order chi connectivity index (χ1) is 8.01. The van der Waals surface area contributed by atoms with Crippen LogP contribution in [0.5, 0.6) is 0 Å². The largest absolute Gasteiger partial charge is 0.480 e. The number of aliphatic carboxylic acids is 2. The predicted molar refractivity (Wildman–Crippen MR) is 63.5 cm³/mol. The summed E-state index contributed by atoms with van der Waals surface area (Å²) in [6, 6.07) is 0. The van der Waals surface area contributed by atoms with Crippen molar-refractivity contribution in [2.45, 2.75) is 38.5 Å². The van der Waals surface area contributed by atoms with Gasteiger partial charge in [0.15, 0.2) is 5.41 Å². The molecule has 6 N–H and O–H groups in total. The highest BCUT2D eigenvalue weighted by atomic mass is 16.4. The second kappa shape index (κ2) is 8.03. The van der Waals surface area contributed by atoms with Crippen molar-refractivity contribution in [1.29, 1.82) is 0 Å². The van der Waals surface area contributed by atoms with Crippen LogP contribution in [0, 0.1) is 5.41 Å². The van der Waals surface area contributed by atoms with Crippen molar-refractivity contribution in [2.75, 3.05) is 13.1 Å². The van der Waals surface area contributed by atoms with E-state index in [1.54, 1.807) is 0 Å². The van der Waals surface area contributed by atoms with E-state index in [1.165, 1.54) is 0 Å². The van der Waals surface area contributed by atoms with Gasteiger partial charge in [0.1, 0.15) is 0 Å². The van der Waals surface area contributed by atoms with Crippen molar-refractivity contribution in [3.63, 3.8) is 0 Å². The Kier molecular flexibility index (Phi) is 7.49. The molecule has 0 saturated carbocycles. The summed E-state index contributed by atoms with van der Waals surface area (Å²) in [5.41, 5.74) is 8.96. The lowest BCUT2D eigenvalue weighted by Crippen LogP contribution is -2.39. The molecule has 0 aliphatic heterocycles. The third-order valence-corrected chi connectivity index (χ3v) is 2.93. The Balaban J connectivity index is 4.62. The highest BCUT2D eigenvalue weighted by molar-refractivity contribution is 5.98. The van der Waals surface area contributed by atoms with Crippen molar-refractivity contribution < 1.29 is 19.8 Å². The highest BCUT2D eigenvalue weighted by Crippen LogP contribution is 2.32. The van der Waals surface area contributed by atoms with Gasteiger partial charge in [0, 0.05) is 0 Å². The number of unbranched alkanes of at least 4 members (excludes halogenated alkanes) is 2. The molecule has 0 heterocycles. The second-order valence-electron chi connectivity index (χ2n) is 4.18. The Morgan fingerprint density at radius 3 is 1.41 bits per heavy atom. The number of carboxylic acid groups (broad SMARTS) is 2. The Labute approximate surface area is 101 Å². The monoisotopic (exact) mass is 246 g/mol. The van der Waals surface area contributed by atoms with Crippen LogP contribution in [0.15, 0.2) is 0 Å². The van der Waals surface area contributed by atoms with Gasteiger partial charge in [0.25, 0.3) is 0 Å². The lowest BCUT2D eigenvalue weighted by molar-refractivity contribution is -0.166. The van der Waals surface area contributed by atoms with Gasteiger partial charge >= 0.3 is 11.9 Å². The maximum absolute atomic E-state index is 11.2. The fourth-order valence-corrected chi connectivity index (χ4v) is 1.79. The van der Waals surface area contributed by atoms with Crippen molar-refractivity contribution >= 4 is 11.9 Å². The Morgan fingerprint density at radius 1 is 0.824 bits per heavy atom. The summed E-state index contributed by atoms with van der Waals surface area (Å²) >= 11 is 0. The van der Waals surface area contributed by atoms with Crippen LogP contribution in [0.3, 0.4) is 0 Å². The molecule has 0 rings (SSSR count). The lowest BCUT2D eigenvalue weighted by Gasteiger charge is -2.24. The van der Waals surface area contributed by atoms with Gasteiger partial charge in [0.05, 0.1) is 0 Å². The first-order valence-corrected chi connectivity index (χ1v) is 5.88. The topological polar surface area (TPSA) is 127 Å². The Bertz CT molecular complexity index is 230. The van der Waals surface area contributed by atoms with Crippen molar-refractivity contribution in [1.82, 2.24) is 0 Å². The highest BCUT2D eigenvalue weighted by Gasteiger charge is 2.45. The van der Waals surface area contributed by atoms with Crippen LogP contribution in [-0.4, -0.2) is 35.2 Å². The fraction of sp³-hybridized carbons (Fsp3) is 0.818. The van der Waals surface area contributed by atoms with E-state index in [9.17, 15) is 9.59 Å². The first-order valence-electron chi connectivity index (χ1n) is 5.88. The fourth-order valence-electron chi connectivity index (χ4n) is 1.79. The molecule has 17 heavy (non-hydrogen) atoms. The van der Waals surface area contributed by atoms with Crippen molar-refractivity contribution in [2.24, 2.45) is 16.9 Å². The second-order valence-corrected chi connectivity index (χ2v) is 4.18. The quantitative estimate of drug-likeness (QED) is 0.326. The Hall–Kier alpha value is -1.14. The van der Waals surface area contributed by atoms with Crippen LogP contribution in [0.4, 0.5) is 0 Å². The SMILES string of the molecule is NCCCCC(CCCCN)(C(=O)O)C(=O)O. The molecular weight excluding hydrogens is 224 g/mol. The van der Waals surface area contributed by atoms with Crippen LogP contribution in [-0.2, 0) is 9.59 Å². The van der Waals surface area contributed by atoms with Gasteiger partial charge < -0.3 is 21.7 Å². The standard InChI is InChI=1S/C11H22N2O4/c12-7-3-1-5-11(9(14)15,10(16)17)6-2-4-8-13/h1-8,12-13H2,(H,14,15)(H,16,17). The van der Waals surface area contributed by atoms with E-state index >= 15 is 0 Å². The summed E-state index contributed by atoms with van der Waals surface area (Å²) in [6.07, 6.45) is 2.55. The average molecular weight is 246 g/mol. The van der Waals surface area contributed by atoms with Crippen LogP contribution >= 0.6 is 0 Å². The van der Waals surface area contributed by atoms with Gasteiger partial charge in [0.2, 0.25) is 0 Å². The van der Waals surface area contributed by atoms with E-state index in [0.29, 0.717) is 38.8 Å². The third-order valence-electron chi connectivity index (χ3n) is 2.93. The minimum absolute atomic E-state index is 0.124. The molecule has 6 nitrogen and oxygen atoms in total. The smallest absolute Gasteiger partial charge is 0.321 e. The van der Waals surface area contributed by atoms with Crippen molar-refractivity contribution in [3.8, 4) is 0 Å². The summed E-state index contributed by atoms with van der Waals surface area (Å²) in [6.45, 7) is 0.885. The number of rotatable bonds is 10. The van der Waals surface area contributed by atoms with Gasteiger partial charge in [-0.3, -0.25) is 9.59 Å². The number of hydrogen-bond acceptors (Lipinski definition) is 4. The molecule has 6 heteroatoms. The molecule has 0 fully saturated rings. The van der Waals surface area contributed by atoms with Crippen molar-refractivity contribution in [3.05, 3.63) is 0 Å². The molecule has 100 valence electrons. The normalized spacial score (nSPS) is 11.4. The van der Waals surface area contributed by atoms with E-state index in [1.807, 2.05) is 0 Å². The number of hydrogen-bond donors (Lipinski definition) is 4. The minimum atomic E-state index is -1.68.